The van der Waals surface area contributed by atoms with Crippen molar-refractivity contribution in [2.24, 2.45) is 5.84 Å². The minimum absolute atomic E-state index is 0.424. The summed E-state index contributed by atoms with van der Waals surface area (Å²) in [7, 11) is 0. The molecule has 0 aliphatic rings. The highest BCUT2D eigenvalue weighted by Gasteiger charge is 2.31. The molecule has 1 atom stereocenters. The molecule has 1 unspecified atom stereocenters. The van der Waals surface area contributed by atoms with Crippen LogP contribution in [0.3, 0.4) is 0 Å². The number of hydrogen-bond donors (Lipinski definition) is 2. The summed E-state index contributed by atoms with van der Waals surface area (Å²) in [6.07, 6.45) is -0.924. The molecule has 0 saturated heterocycles. The van der Waals surface area contributed by atoms with Crippen LogP contribution in [-0.4, -0.2) is 0 Å². The third-order valence-corrected chi connectivity index (χ3v) is 3.64. The summed E-state index contributed by atoms with van der Waals surface area (Å²) in [6, 6.07) is 4.78. The fraction of sp³-hybridized carbons (Fsp3) is 0.231. The Balaban J connectivity index is 2.33. The molecule has 2 rings (SSSR count). The molecule has 0 spiro atoms. The van der Waals surface area contributed by atoms with Crippen LogP contribution in [0.5, 0.6) is 0 Å². The molecule has 0 fully saturated rings. The molecule has 0 amide bonds. The molecule has 7 heteroatoms. The van der Waals surface area contributed by atoms with Crippen molar-refractivity contribution >= 4 is 15.9 Å². The molecule has 108 valence electrons. The van der Waals surface area contributed by atoms with Gasteiger partial charge in [-0.3, -0.25) is 11.3 Å². The topological polar surface area (TPSA) is 51.2 Å². The maximum absolute atomic E-state index is 12.8. The number of nitrogens with two attached hydrogens (primary N) is 1. The van der Waals surface area contributed by atoms with Crippen LogP contribution in [-0.2, 0) is 12.6 Å². The fourth-order valence-corrected chi connectivity index (χ4v) is 2.41. The second-order valence-corrected chi connectivity index (χ2v) is 5.14. The van der Waals surface area contributed by atoms with E-state index in [9.17, 15) is 13.2 Å². The lowest BCUT2D eigenvalue weighted by Gasteiger charge is -2.19. The van der Waals surface area contributed by atoms with Gasteiger partial charge in [-0.05, 0) is 41.8 Å². The molecule has 3 nitrogen and oxygen atoms in total. The van der Waals surface area contributed by atoms with Gasteiger partial charge in [-0.2, -0.15) is 13.2 Å². The Morgan fingerprint density at radius 3 is 2.60 bits per heavy atom. The van der Waals surface area contributed by atoms with Crippen LogP contribution in [0.2, 0.25) is 0 Å². The van der Waals surface area contributed by atoms with Crippen molar-refractivity contribution in [3.05, 3.63) is 58.0 Å². The second kappa shape index (κ2) is 5.99. The number of benzene rings is 1. The first-order valence-electron chi connectivity index (χ1n) is 5.75. The fourth-order valence-electron chi connectivity index (χ4n) is 1.89. The summed E-state index contributed by atoms with van der Waals surface area (Å²) in [4.78, 5) is 0. The van der Waals surface area contributed by atoms with E-state index in [2.05, 4.69) is 21.4 Å². The van der Waals surface area contributed by atoms with E-state index < -0.39 is 17.8 Å². The van der Waals surface area contributed by atoms with Crippen LogP contribution < -0.4 is 11.3 Å². The van der Waals surface area contributed by atoms with Crippen molar-refractivity contribution in [2.75, 3.05) is 0 Å². The predicted octanol–water partition coefficient (Wildman–Crippen LogP) is 3.81. The minimum Gasteiger partial charge on any atom is -0.472 e. The predicted molar refractivity (Wildman–Crippen MR) is 71.6 cm³/mol. The van der Waals surface area contributed by atoms with Crippen LogP contribution in [0.15, 0.2) is 45.7 Å². The normalized spacial score (nSPS) is 13.4. The minimum atomic E-state index is -4.38. The lowest BCUT2D eigenvalue weighted by Crippen LogP contribution is -2.30. The smallest absolute Gasteiger partial charge is 0.416 e. The summed E-state index contributed by atoms with van der Waals surface area (Å²) in [5.41, 5.74) is 3.12. The first-order chi connectivity index (χ1) is 9.41. The highest BCUT2D eigenvalue weighted by Crippen LogP contribution is 2.34. The Labute approximate surface area is 122 Å². The molecule has 0 aliphatic heterocycles. The van der Waals surface area contributed by atoms with E-state index in [-0.39, 0.29) is 0 Å². The zero-order valence-corrected chi connectivity index (χ0v) is 11.8. The molecular formula is C13H12BrF3N2O. The molecule has 0 aliphatic carbocycles. The first-order valence-corrected chi connectivity index (χ1v) is 6.55. The number of hydrogen-bond acceptors (Lipinski definition) is 3. The third-order valence-electron chi connectivity index (χ3n) is 2.92. The zero-order valence-electron chi connectivity index (χ0n) is 10.2. The third kappa shape index (κ3) is 3.41. The average Bonchev–Trinajstić information content (AvgIpc) is 2.88. The monoisotopic (exact) mass is 348 g/mol. The Kier molecular flexibility index (Phi) is 4.52. The van der Waals surface area contributed by atoms with E-state index in [1.165, 1.54) is 18.6 Å². The Hall–Kier alpha value is -1.31. The lowest BCUT2D eigenvalue weighted by molar-refractivity contribution is -0.137. The quantitative estimate of drug-likeness (QED) is 0.652. The Bertz CT molecular complexity index is 569. The van der Waals surface area contributed by atoms with Gasteiger partial charge < -0.3 is 4.42 Å². The molecule has 0 saturated carbocycles. The number of rotatable bonds is 4. The highest BCUT2D eigenvalue weighted by molar-refractivity contribution is 9.10. The summed E-state index contributed by atoms with van der Waals surface area (Å²) in [5.74, 6) is 5.47. The Morgan fingerprint density at radius 2 is 2.05 bits per heavy atom. The number of hydrazine groups is 1. The van der Waals surface area contributed by atoms with Crippen LogP contribution >= 0.6 is 15.9 Å². The van der Waals surface area contributed by atoms with E-state index in [4.69, 9.17) is 10.3 Å². The summed E-state index contributed by atoms with van der Waals surface area (Å²) in [5, 5.41) is 0. The summed E-state index contributed by atoms with van der Waals surface area (Å²) < 4.78 is 43.8. The highest BCUT2D eigenvalue weighted by atomic mass is 79.9. The van der Waals surface area contributed by atoms with Gasteiger partial charge in [0, 0.05) is 4.47 Å². The van der Waals surface area contributed by atoms with Gasteiger partial charge in [0.2, 0.25) is 0 Å². The molecular weight excluding hydrogens is 337 g/mol. The standard InChI is InChI=1S/C13H12BrF3N2O/c14-11-2-1-9(13(15,16)17)6-10(11)12(19-18)5-8-3-4-20-7-8/h1-4,6-7,12,19H,5,18H2. The molecule has 0 radical (unpaired) electrons. The van der Waals surface area contributed by atoms with Gasteiger partial charge in [-0.1, -0.05) is 15.9 Å². The van der Waals surface area contributed by atoms with E-state index in [0.29, 0.717) is 16.5 Å². The van der Waals surface area contributed by atoms with Gasteiger partial charge >= 0.3 is 6.18 Å². The Morgan fingerprint density at radius 1 is 1.30 bits per heavy atom. The van der Waals surface area contributed by atoms with E-state index >= 15 is 0 Å². The SMILES string of the molecule is NNC(Cc1ccoc1)c1cc(C(F)(F)F)ccc1Br. The van der Waals surface area contributed by atoms with Crippen molar-refractivity contribution < 1.29 is 17.6 Å². The first kappa shape index (κ1) is 15.1. The molecule has 0 bridgehead atoms. The van der Waals surface area contributed by atoms with E-state index in [1.807, 2.05) is 0 Å². The maximum Gasteiger partial charge on any atom is 0.416 e. The molecule has 1 aromatic carbocycles. The molecule has 1 aromatic heterocycles. The maximum atomic E-state index is 12.8. The van der Waals surface area contributed by atoms with Crippen molar-refractivity contribution in [3.8, 4) is 0 Å². The molecule has 3 N–H and O–H groups in total. The summed E-state index contributed by atoms with van der Waals surface area (Å²) >= 11 is 3.26. The van der Waals surface area contributed by atoms with Crippen molar-refractivity contribution in [1.29, 1.82) is 0 Å². The zero-order chi connectivity index (χ0) is 14.8. The van der Waals surface area contributed by atoms with Gasteiger partial charge in [0.05, 0.1) is 24.1 Å². The van der Waals surface area contributed by atoms with Crippen LogP contribution in [0.4, 0.5) is 13.2 Å². The number of halogens is 4. The van der Waals surface area contributed by atoms with Crippen LogP contribution in [0.1, 0.15) is 22.7 Å². The van der Waals surface area contributed by atoms with Crippen molar-refractivity contribution in [3.63, 3.8) is 0 Å². The van der Waals surface area contributed by atoms with Gasteiger partial charge in [0.1, 0.15) is 0 Å². The van der Waals surface area contributed by atoms with Crippen LogP contribution in [0.25, 0.3) is 0 Å². The molecule has 1 heterocycles. The van der Waals surface area contributed by atoms with Crippen molar-refractivity contribution in [2.45, 2.75) is 18.6 Å². The summed E-state index contributed by atoms with van der Waals surface area (Å²) in [6.45, 7) is 0. The number of furan rings is 1. The average molecular weight is 349 g/mol. The second-order valence-electron chi connectivity index (χ2n) is 4.29. The van der Waals surface area contributed by atoms with Gasteiger partial charge in [-0.15, -0.1) is 0 Å². The van der Waals surface area contributed by atoms with Gasteiger partial charge in [-0.25, -0.2) is 0 Å². The molecule has 2 aromatic rings. The van der Waals surface area contributed by atoms with Gasteiger partial charge in [0.25, 0.3) is 0 Å². The van der Waals surface area contributed by atoms with Crippen molar-refractivity contribution in [1.82, 2.24) is 5.43 Å². The molecule has 20 heavy (non-hydrogen) atoms. The van der Waals surface area contributed by atoms with E-state index in [1.54, 1.807) is 6.07 Å². The number of nitrogens with one attached hydrogen (secondary N) is 1. The largest absolute Gasteiger partial charge is 0.472 e. The number of alkyl halides is 3. The van der Waals surface area contributed by atoms with Gasteiger partial charge in [0.15, 0.2) is 0 Å². The lowest BCUT2D eigenvalue weighted by atomic mass is 9.99. The van der Waals surface area contributed by atoms with Crippen LogP contribution in [0, 0.1) is 0 Å². The van der Waals surface area contributed by atoms with E-state index in [0.717, 1.165) is 17.7 Å².